The predicted molar refractivity (Wildman–Crippen MR) is 65.3 cm³/mol. The lowest BCUT2D eigenvalue weighted by Gasteiger charge is -2.30. The molecule has 6 heteroatoms. The van der Waals surface area contributed by atoms with Crippen LogP contribution in [0.15, 0.2) is 0 Å². The van der Waals surface area contributed by atoms with Crippen LogP contribution >= 0.6 is 0 Å². The normalized spacial score (nSPS) is 23.3. The van der Waals surface area contributed by atoms with Crippen LogP contribution in [0.4, 0.5) is 13.2 Å². The van der Waals surface area contributed by atoms with E-state index >= 15 is 0 Å². The molecule has 0 radical (unpaired) electrons. The quantitative estimate of drug-likeness (QED) is 0.841. The molecule has 1 aliphatic rings. The molecule has 1 fully saturated rings. The third kappa shape index (κ3) is 4.66. The van der Waals surface area contributed by atoms with Crippen LogP contribution in [0.25, 0.3) is 0 Å². The Kier molecular flexibility index (Phi) is 5.22. The minimum absolute atomic E-state index is 0.377. The van der Waals surface area contributed by atoms with Gasteiger partial charge < -0.3 is 5.11 Å². The molecule has 110 valence electrons. The highest BCUT2D eigenvalue weighted by atomic mass is 19.4. The summed E-state index contributed by atoms with van der Waals surface area (Å²) in [5, 5.41) is 18.2. The highest BCUT2D eigenvalue weighted by Crippen LogP contribution is 2.31. The number of aliphatic hydroxyl groups excluding tert-OH is 1. The van der Waals surface area contributed by atoms with E-state index in [0.717, 1.165) is 0 Å². The Balaban J connectivity index is 2.48. The first-order valence-corrected chi connectivity index (χ1v) is 6.57. The predicted octanol–water partition coefficient (Wildman–Crippen LogP) is 2.70. The van der Waals surface area contributed by atoms with Crippen molar-refractivity contribution < 1.29 is 18.3 Å². The average Bonchev–Trinajstić information content (AvgIpc) is 2.75. The minimum atomic E-state index is -4.56. The van der Waals surface area contributed by atoms with Gasteiger partial charge in [0.2, 0.25) is 0 Å². The third-order valence-corrected chi connectivity index (χ3v) is 3.66. The maximum absolute atomic E-state index is 12.5. The van der Waals surface area contributed by atoms with Crippen molar-refractivity contribution in [2.45, 2.75) is 57.9 Å². The van der Waals surface area contributed by atoms with Crippen molar-refractivity contribution in [2.75, 3.05) is 13.1 Å². The van der Waals surface area contributed by atoms with Crippen LogP contribution in [0.1, 0.15) is 39.5 Å². The Morgan fingerprint density at radius 3 is 2.58 bits per heavy atom. The van der Waals surface area contributed by atoms with Crippen molar-refractivity contribution in [2.24, 2.45) is 5.41 Å². The summed E-state index contributed by atoms with van der Waals surface area (Å²) in [5.74, 6) is 0. The number of nitriles is 1. The van der Waals surface area contributed by atoms with E-state index in [4.69, 9.17) is 5.26 Å². The summed E-state index contributed by atoms with van der Waals surface area (Å²) < 4.78 is 37.6. The zero-order chi connectivity index (χ0) is 14.7. The molecule has 1 rings (SSSR count). The van der Waals surface area contributed by atoms with Crippen LogP contribution in [0.5, 0.6) is 0 Å². The number of alkyl halides is 3. The van der Waals surface area contributed by atoms with Crippen molar-refractivity contribution in [1.82, 2.24) is 4.90 Å². The van der Waals surface area contributed by atoms with Gasteiger partial charge in [-0.2, -0.15) is 18.4 Å². The van der Waals surface area contributed by atoms with Gasteiger partial charge in [-0.15, -0.1) is 0 Å². The molecule has 0 aromatic heterocycles. The lowest BCUT2D eigenvalue weighted by molar-refractivity contribution is -0.219. The standard InChI is InChI=1S/C13H21F3N2O/c1-12(2,9-17)6-4-8-18-7-3-5-10(18)11(19)13(14,15)16/h10-11,19H,3-8H2,1-2H3/t10-,11-/m1/s1. The lowest BCUT2D eigenvalue weighted by Crippen LogP contribution is -2.47. The number of rotatable bonds is 5. The summed E-state index contributed by atoms with van der Waals surface area (Å²) in [4.78, 5) is 1.70. The van der Waals surface area contributed by atoms with Gasteiger partial charge in [-0.1, -0.05) is 0 Å². The molecule has 3 nitrogen and oxygen atoms in total. The molecule has 0 amide bonds. The van der Waals surface area contributed by atoms with E-state index in [1.807, 2.05) is 13.8 Å². The fourth-order valence-corrected chi connectivity index (χ4v) is 2.49. The van der Waals surface area contributed by atoms with Gasteiger partial charge in [0, 0.05) is 6.04 Å². The molecular formula is C13H21F3N2O. The van der Waals surface area contributed by atoms with Gasteiger partial charge in [0.1, 0.15) is 0 Å². The highest BCUT2D eigenvalue weighted by Gasteiger charge is 2.46. The van der Waals surface area contributed by atoms with E-state index in [1.54, 1.807) is 4.90 Å². The topological polar surface area (TPSA) is 47.3 Å². The second-order valence-electron chi connectivity index (χ2n) is 5.83. The number of hydrogen-bond acceptors (Lipinski definition) is 3. The molecule has 1 N–H and O–H groups in total. The Bertz CT molecular complexity index is 336. The molecule has 1 heterocycles. The average molecular weight is 278 g/mol. The van der Waals surface area contributed by atoms with Gasteiger partial charge in [-0.05, 0) is 52.6 Å². The van der Waals surface area contributed by atoms with Crippen LogP contribution in [0, 0.1) is 16.7 Å². The Hall–Kier alpha value is -0.800. The van der Waals surface area contributed by atoms with Crippen molar-refractivity contribution in [3.63, 3.8) is 0 Å². The van der Waals surface area contributed by atoms with Gasteiger partial charge in [0.15, 0.2) is 6.10 Å². The van der Waals surface area contributed by atoms with Gasteiger partial charge in [0.05, 0.1) is 11.5 Å². The number of halogens is 3. The van der Waals surface area contributed by atoms with Crippen molar-refractivity contribution >= 4 is 0 Å². The van der Waals surface area contributed by atoms with Crippen LogP contribution in [-0.2, 0) is 0 Å². The first-order valence-electron chi connectivity index (χ1n) is 6.57. The molecule has 0 saturated carbocycles. The zero-order valence-corrected chi connectivity index (χ0v) is 11.4. The van der Waals surface area contributed by atoms with Crippen molar-refractivity contribution in [1.29, 1.82) is 5.26 Å². The van der Waals surface area contributed by atoms with Gasteiger partial charge in [-0.3, -0.25) is 4.90 Å². The molecule has 0 bridgehead atoms. The summed E-state index contributed by atoms with van der Waals surface area (Å²) in [6, 6.07) is 1.35. The lowest BCUT2D eigenvalue weighted by atomic mass is 9.90. The fraction of sp³-hybridized carbons (Fsp3) is 0.923. The fourth-order valence-electron chi connectivity index (χ4n) is 2.49. The second kappa shape index (κ2) is 6.10. The number of hydrogen-bond donors (Lipinski definition) is 1. The van der Waals surface area contributed by atoms with Gasteiger partial charge in [-0.25, -0.2) is 0 Å². The molecule has 0 aromatic carbocycles. The minimum Gasteiger partial charge on any atom is -0.382 e. The Morgan fingerprint density at radius 1 is 1.42 bits per heavy atom. The SMILES string of the molecule is CC(C)(C#N)CCCN1CCC[C@@H]1[C@@H](O)C(F)(F)F. The monoisotopic (exact) mass is 278 g/mol. The maximum Gasteiger partial charge on any atom is 0.415 e. The van der Waals surface area contributed by atoms with E-state index < -0.39 is 23.7 Å². The molecule has 0 aliphatic carbocycles. The van der Waals surface area contributed by atoms with E-state index in [9.17, 15) is 18.3 Å². The van der Waals surface area contributed by atoms with Gasteiger partial charge >= 0.3 is 6.18 Å². The summed E-state index contributed by atoms with van der Waals surface area (Å²) in [7, 11) is 0. The smallest absolute Gasteiger partial charge is 0.382 e. The van der Waals surface area contributed by atoms with E-state index in [1.165, 1.54) is 0 Å². The summed E-state index contributed by atoms with van der Waals surface area (Å²) >= 11 is 0. The van der Waals surface area contributed by atoms with Crippen LogP contribution in [0.3, 0.4) is 0 Å². The number of likely N-dealkylation sites (tertiary alicyclic amines) is 1. The van der Waals surface area contributed by atoms with E-state index in [-0.39, 0.29) is 0 Å². The Labute approximate surface area is 112 Å². The summed E-state index contributed by atoms with van der Waals surface area (Å²) in [5.41, 5.74) is -0.447. The Morgan fingerprint density at radius 2 is 2.05 bits per heavy atom. The van der Waals surface area contributed by atoms with Crippen LogP contribution in [0.2, 0.25) is 0 Å². The summed E-state index contributed by atoms with van der Waals surface area (Å²) in [6.07, 6.45) is -4.45. The van der Waals surface area contributed by atoms with E-state index in [2.05, 4.69) is 6.07 Å². The van der Waals surface area contributed by atoms with Gasteiger partial charge in [0.25, 0.3) is 0 Å². The molecule has 0 unspecified atom stereocenters. The molecule has 1 saturated heterocycles. The maximum atomic E-state index is 12.5. The second-order valence-corrected chi connectivity index (χ2v) is 5.83. The van der Waals surface area contributed by atoms with Crippen LogP contribution in [-0.4, -0.2) is 41.4 Å². The molecule has 2 atom stereocenters. The molecule has 19 heavy (non-hydrogen) atoms. The first kappa shape index (κ1) is 16.3. The molecule has 0 spiro atoms. The number of nitrogens with zero attached hydrogens (tertiary/aromatic N) is 2. The molecule has 0 aromatic rings. The van der Waals surface area contributed by atoms with E-state index in [0.29, 0.717) is 38.8 Å². The largest absolute Gasteiger partial charge is 0.415 e. The first-order chi connectivity index (χ1) is 8.67. The number of aliphatic hydroxyl groups is 1. The van der Waals surface area contributed by atoms with Crippen LogP contribution < -0.4 is 0 Å². The molecular weight excluding hydrogens is 257 g/mol. The van der Waals surface area contributed by atoms with Crippen molar-refractivity contribution in [3.8, 4) is 6.07 Å². The summed E-state index contributed by atoms with van der Waals surface area (Å²) in [6.45, 7) is 4.73. The zero-order valence-electron chi connectivity index (χ0n) is 11.4. The molecule has 1 aliphatic heterocycles. The third-order valence-electron chi connectivity index (χ3n) is 3.66. The van der Waals surface area contributed by atoms with Crippen molar-refractivity contribution in [3.05, 3.63) is 0 Å². The highest BCUT2D eigenvalue weighted by molar-refractivity contribution is 4.92.